The lowest BCUT2D eigenvalue weighted by Gasteiger charge is -2.25. The zero-order valence-electron chi connectivity index (χ0n) is 9.95. The highest BCUT2D eigenvalue weighted by Crippen LogP contribution is 2.18. The third-order valence-electron chi connectivity index (χ3n) is 3.24. The Labute approximate surface area is 107 Å². The standard InChI is InChI=1S/C12H12N4O3/c17-10(6-4-13-5-6)14-8-3-1-2-7-9(8)12(19)16-15-11(7)18/h1-3,6,13H,4-5H2,(H,14,17)(H,15,18)(H,16,19). The Balaban J connectivity index is 2.08. The summed E-state index contributed by atoms with van der Waals surface area (Å²) in [6.07, 6.45) is 0. The molecule has 7 heteroatoms. The fourth-order valence-corrected chi connectivity index (χ4v) is 2.04. The van der Waals surface area contributed by atoms with Crippen molar-refractivity contribution in [1.29, 1.82) is 0 Å². The first kappa shape index (κ1) is 11.7. The van der Waals surface area contributed by atoms with Crippen LogP contribution in [0.25, 0.3) is 10.8 Å². The predicted molar refractivity (Wildman–Crippen MR) is 70.2 cm³/mol. The van der Waals surface area contributed by atoms with Crippen LogP contribution in [-0.2, 0) is 4.79 Å². The molecule has 0 unspecified atom stereocenters. The molecule has 4 N–H and O–H groups in total. The lowest BCUT2D eigenvalue weighted by atomic mass is 10.0. The van der Waals surface area contributed by atoms with E-state index < -0.39 is 11.1 Å². The van der Waals surface area contributed by atoms with Gasteiger partial charge in [-0.1, -0.05) is 6.07 Å². The van der Waals surface area contributed by atoms with Crippen LogP contribution < -0.4 is 21.8 Å². The van der Waals surface area contributed by atoms with Crippen molar-refractivity contribution in [3.63, 3.8) is 0 Å². The lowest BCUT2D eigenvalue weighted by molar-refractivity contribution is -0.121. The van der Waals surface area contributed by atoms with Gasteiger partial charge in [0.2, 0.25) is 5.91 Å². The Bertz CT molecular complexity index is 757. The van der Waals surface area contributed by atoms with Crippen LogP contribution >= 0.6 is 0 Å². The summed E-state index contributed by atoms with van der Waals surface area (Å²) in [5, 5.41) is 10.7. The molecule has 7 nitrogen and oxygen atoms in total. The van der Waals surface area contributed by atoms with Gasteiger partial charge >= 0.3 is 0 Å². The molecule has 3 rings (SSSR count). The largest absolute Gasteiger partial charge is 0.325 e. The first-order valence-electron chi connectivity index (χ1n) is 5.92. The van der Waals surface area contributed by atoms with Gasteiger partial charge in [0.25, 0.3) is 11.1 Å². The minimum Gasteiger partial charge on any atom is -0.325 e. The van der Waals surface area contributed by atoms with Gasteiger partial charge in [-0.05, 0) is 12.1 Å². The third kappa shape index (κ3) is 1.93. The molecule has 1 aliphatic heterocycles. The first-order chi connectivity index (χ1) is 9.16. The van der Waals surface area contributed by atoms with Crippen LogP contribution in [0.15, 0.2) is 27.8 Å². The van der Waals surface area contributed by atoms with E-state index in [2.05, 4.69) is 20.8 Å². The fourth-order valence-electron chi connectivity index (χ4n) is 2.04. The van der Waals surface area contributed by atoms with Crippen molar-refractivity contribution in [2.45, 2.75) is 0 Å². The Morgan fingerprint density at radius 3 is 2.58 bits per heavy atom. The number of aromatic amines is 2. The van der Waals surface area contributed by atoms with Crippen LogP contribution in [0.3, 0.4) is 0 Å². The summed E-state index contributed by atoms with van der Waals surface area (Å²) in [6, 6.07) is 4.79. The number of carbonyl (C=O) groups is 1. The molecular formula is C12H12N4O3. The molecule has 1 fully saturated rings. The van der Waals surface area contributed by atoms with Crippen molar-refractivity contribution in [2.75, 3.05) is 18.4 Å². The average Bonchev–Trinajstić information content (AvgIpc) is 2.32. The molecule has 1 amide bonds. The maximum Gasteiger partial charge on any atom is 0.272 e. The Hall–Kier alpha value is -2.41. The van der Waals surface area contributed by atoms with Gasteiger partial charge in [0.15, 0.2) is 0 Å². The number of nitrogens with one attached hydrogen (secondary N) is 4. The lowest BCUT2D eigenvalue weighted by Crippen LogP contribution is -2.48. The summed E-state index contributed by atoms with van der Waals surface area (Å²) in [7, 11) is 0. The Morgan fingerprint density at radius 1 is 1.16 bits per heavy atom. The number of hydrogen-bond donors (Lipinski definition) is 4. The highest BCUT2D eigenvalue weighted by atomic mass is 16.2. The van der Waals surface area contributed by atoms with Gasteiger partial charge in [-0.15, -0.1) is 0 Å². The fraction of sp³-hybridized carbons (Fsp3) is 0.250. The van der Waals surface area contributed by atoms with Crippen LogP contribution in [0.5, 0.6) is 0 Å². The molecule has 1 aliphatic rings. The van der Waals surface area contributed by atoms with Crippen molar-refractivity contribution >= 4 is 22.4 Å². The van der Waals surface area contributed by atoms with Gasteiger partial charge in [-0.25, -0.2) is 0 Å². The van der Waals surface area contributed by atoms with Crippen LogP contribution in [0.2, 0.25) is 0 Å². The molecule has 1 saturated heterocycles. The number of carbonyl (C=O) groups excluding carboxylic acids is 1. The summed E-state index contributed by atoms with van der Waals surface area (Å²) < 4.78 is 0. The van der Waals surface area contributed by atoms with Gasteiger partial charge in [0.05, 0.1) is 22.4 Å². The number of benzene rings is 1. The van der Waals surface area contributed by atoms with Crippen molar-refractivity contribution in [3.8, 4) is 0 Å². The Morgan fingerprint density at radius 2 is 1.89 bits per heavy atom. The maximum atomic E-state index is 11.9. The van der Waals surface area contributed by atoms with E-state index in [-0.39, 0.29) is 22.6 Å². The summed E-state index contributed by atoms with van der Waals surface area (Å²) in [4.78, 5) is 35.3. The number of H-pyrrole nitrogens is 2. The van der Waals surface area contributed by atoms with Crippen molar-refractivity contribution in [1.82, 2.24) is 15.5 Å². The van der Waals surface area contributed by atoms with Gasteiger partial charge in [0.1, 0.15) is 0 Å². The van der Waals surface area contributed by atoms with Crippen molar-refractivity contribution in [2.24, 2.45) is 5.92 Å². The molecule has 1 aromatic carbocycles. The predicted octanol–water partition coefficient (Wildman–Crippen LogP) is -0.626. The smallest absolute Gasteiger partial charge is 0.272 e. The van der Waals surface area contributed by atoms with Crippen LogP contribution in [-0.4, -0.2) is 29.2 Å². The average molecular weight is 260 g/mol. The van der Waals surface area contributed by atoms with E-state index in [0.29, 0.717) is 18.8 Å². The second-order valence-electron chi connectivity index (χ2n) is 4.48. The van der Waals surface area contributed by atoms with Gasteiger partial charge < -0.3 is 10.6 Å². The summed E-state index contributed by atoms with van der Waals surface area (Å²) in [6.45, 7) is 1.26. The summed E-state index contributed by atoms with van der Waals surface area (Å²) in [5.41, 5.74) is -0.463. The molecular weight excluding hydrogens is 248 g/mol. The van der Waals surface area contributed by atoms with Crippen molar-refractivity contribution < 1.29 is 4.79 Å². The molecule has 98 valence electrons. The number of rotatable bonds is 2. The zero-order chi connectivity index (χ0) is 13.4. The van der Waals surface area contributed by atoms with E-state index >= 15 is 0 Å². The number of fused-ring (bicyclic) bond motifs is 1. The molecule has 2 aromatic rings. The molecule has 1 aromatic heterocycles. The van der Waals surface area contributed by atoms with E-state index in [1.54, 1.807) is 18.2 Å². The third-order valence-corrected chi connectivity index (χ3v) is 3.24. The van der Waals surface area contributed by atoms with Gasteiger partial charge in [-0.2, -0.15) is 0 Å². The molecule has 0 aliphatic carbocycles. The van der Waals surface area contributed by atoms with Crippen LogP contribution in [0.1, 0.15) is 0 Å². The second kappa shape index (κ2) is 4.36. The molecule has 2 heterocycles. The van der Waals surface area contributed by atoms with Gasteiger partial charge in [0, 0.05) is 13.1 Å². The molecule has 0 bridgehead atoms. The van der Waals surface area contributed by atoms with E-state index in [0.717, 1.165) is 0 Å². The van der Waals surface area contributed by atoms with E-state index in [4.69, 9.17) is 0 Å². The normalized spacial score (nSPS) is 15.2. The van der Waals surface area contributed by atoms with E-state index in [9.17, 15) is 14.4 Å². The number of hydrogen-bond acceptors (Lipinski definition) is 4. The molecule has 0 atom stereocenters. The van der Waals surface area contributed by atoms with E-state index in [1.165, 1.54) is 0 Å². The second-order valence-corrected chi connectivity index (χ2v) is 4.48. The molecule has 0 spiro atoms. The summed E-state index contributed by atoms with van der Waals surface area (Å²) >= 11 is 0. The molecule has 19 heavy (non-hydrogen) atoms. The number of aromatic nitrogens is 2. The first-order valence-corrected chi connectivity index (χ1v) is 5.92. The molecule has 0 radical (unpaired) electrons. The highest BCUT2D eigenvalue weighted by molar-refractivity contribution is 6.02. The highest BCUT2D eigenvalue weighted by Gasteiger charge is 2.25. The quantitative estimate of drug-likeness (QED) is 0.577. The van der Waals surface area contributed by atoms with Crippen molar-refractivity contribution in [3.05, 3.63) is 38.9 Å². The van der Waals surface area contributed by atoms with E-state index in [1.807, 2.05) is 0 Å². The monoisotopic (exact) mass is 260 g/mol. The molecule has 0 saturated carbocycles. The van der Waals surface area contributed by atoms with Crippen LogP contribution in [0, 0.1) is 5.92 Å². The van der Waals surface area contributed by atoms with Gasteiger partial charge in [-0.3, -0.25) is 24.6 Å². The minimum atomic E-state index is -0.433. The van der Waals surface area contributed by atoms with Crippen LogP contribution in [0.4, 0.5) is 5.69 Å². The number of amides is 1. The Kier molecular flexibility index (Phi) is 2.68. The summed E-state index contributed by atoms with van der Waals surface area (Å²) in [5.74, 6) is -0.234. The minimum absolute atomic E-state index is 0.0867. The maximum absolute atomic E-state index is 11.9. The zero-order valence-corrected chi connectivity index (χ0v) is 9.95. The topological polar surface area (TPSA) is 107 Å². The number of anilines is 1. The SMILES string of the molecule is O=C(Nc1cccc2c(=O)[nH][nH]c(=O)c12)C1CNC1.